The maximum Gasteiger partial charge on any atom is 0.251 e. The highest BCUT2D eigenvalue weighted by Crippen LogP contribution is 2.20. The number of nitrogens with one attached hydrogen (secondary N) is 1. The van der Waals surface area contributed by atoms with Crippen LogP contribution in [0.4, 0.5) is 5.69 Å². The quantitative estimate of drug-likeness (QED) is 0.595. The van der Waals surface area contributed by atoms with Crippen LogP contribution in [0.5, 0.6) is 0 Å². The zero-order chi connectivity index (χ0) is 13.4. The van der Waals surface area contributed by atoms with E-state index < -0.39 is 0 Å². The van der Waals surface area contributed by atoms with E-state index in [0.29, 0.717) is 11.3 Å². The summed E-state index contributed by atoms with van der Waals surface area (Å²) < 4.78 is 0.759. The molecule has 0 saturated carbocycles. The van der Waals surface area contributed by atoms with Gasteiger partial charge in [0, 0.05) is 22.3 Å². The number of amides is 1. The first-order valence-corrected chi connectivity index (χ1v) is 8.16. The molecule has 0 bridgehead atoms. The van der Waals surface area contributed by atoms with Crippen LogP contribution in [0, 0.1) is 0 Å². The van der Waals surface area contributed by atoms with Crippen LogP contribution < -0.4 is 11.1 Å². The Hall–Kier alpha value is -0.680. The van der Waals surface area contributed by atoms with Crippen LogP contribution in [-0.2, 0) is 0 Å². The number of benzene rings is 1. The van der Waals surface area contributed by atoms with Crippen molar-refractivity contribution in [3.05, 3.63) is 28.2 Å². The first-order chi connectivity index (χ1) is 8.65. The van der Waals surface area contributed by atoms with Crippen LogP contribution in [0.15, 0.2) is 22.7 Å². The zero-order valence-electron chi connectivity index (χ0n) is 10.5. The molecule has 0 saturated heterocycles. The number of nitrogens with two attached hydrogens (primary N) is 1. The van der Waals surface area contributed by atoms with Crippen molar-refractivity contribution in [1.82, 2.24) is 5.32 Å². The summed E-state index contributed by atoms with van der Waals surface area (Å²) >= 11 is 5.18. The second-order valence-electron chi connectivity index (χ2n) is 4.05. The monoisotopic (exact) mass is 330 g/mol. The molecule has 1 rings (SSSR count). The van der Waals surface area contributed by atoms with E-state index in [4.69, 9.17) is 5.73 Å². The van der Waals surface area contributed by atoms with Crippen LogP contribution in [0.3, 0.4) is 0 Å². The van der Waals surface area contributed by atoms with Gasteiger partial charge in [-0.15, -0.1) is 0 Å². The molecule has 1 aromatic carbocycles. The predicted molar refractivity (Wildman–Crippen MR) is 83.1 cm³/mol. The van der Waals surface area contributed by atoms with Crippen molar-refractivity contribution in [1.29, 1.82) is 0 Å². The van der Waals surface area contributed by atoms with Gasteiger partial charge in [0.05, 0.1) is 0 Å². The number of halogens is 1. The van der Waals surface area contributed by atoms with Crippen LogP contribution in [0.2, 0.25) is 0 Å². The summed E-state index contributed by atoms with van der Waals surface area (Å²) in [6.07, 6.45) is 5.51. The van der Waals surface area contributed by atoms with Gasteiger partial charge in [0.15, 0.2) is 0 Å². The fraction of sp³-hybridized carbons (Fsp3) is 0.462. The Balaban J connectivity index is 2.30. The molecule has 1 aromatic rings. The maximum absolute atomic E-state index is 11.8. The van der Waals surface area contributed by atoms with Crippen LogP contribution >= 0.6 is 27.7 Å². The molecule has 0 atom stereocenters. The Bertz CT molecular complexity index is 399. The van der Waals surface area contributed by atoms with Crippen molar-refractivity contribution >= 4 is 39.3 Å². The number of anilines is 1. The third-order valence-corrected chi connectivity index (χ3v) is 3.96. The highest BCUT2D eigenvalue weighted by atomic mass is 79.9. The van der Waals surface area contributed by atoms with E-state index in [1.165, 1.54) is 12.2 Å². The van der Waals surface area contributed by atoms with Gasteiger partial charge in [0.1, 0.15) is 0 Å². The minimum atomic E-state index is -0.0411. The molecule has 3 nitrogen and oxygen atoms in total. The van der Waals surface area contributed by atoms with Gasteiger partial charge < -0.3 is 11.1 Å². The molecule has 0 heterocycles. The molecule has 0 aromatic heterocycles. The van der Waals surface area contributed by atoms with E-state index in [9.17, 15) is 4.79 Å². The van der Waals surface area contributed by atoms with Crippen LogP contribution in [-0.4, -0.2) is 24.5 Å². The number of hydrogen-bond donors (Lipinski definition) is 2. The fourth-order valence-corrected chi connectivity index (χ4v) is 2.39. The Morgan fingerprint density at radius 2 is 2.17 bits per heavy atom. The topological polar surface area (TPSA) is 55.1 Å². The van der Waals surface area contributed by atoms with Gasteiger partial charge in [-0.25, -0.2) is 0 Å². The lowest BCUT2D eigenvalue weighted by molar-refractivity contribution is 0.0953. The van der Waals surface area contributed by atoms with Gasteiger partial charge in [-0.1, -0.05) is 6.42 Å². The van der Waals surface area contributed by atoms with Gasteiger partial charge in [0.2, 0.25) is 0 Å². The van der Waals surface area contributed by atoms with E-state index in [1.54, 1.807) is 18.2 Å². The van der Waals surface area contributed by atoms with Gasteiger partial charge >= 0.3 is 0 Å². The largest absolute Gasteiger partial charge is 0.398 e. The third-order valence-electron chi connectivity index (χ3n) is 2.57. The first-order valence-electron chi connectivity index (χ1n) is 5.97. The third kappa shape index (κ3) is 5.31. The highest BCUT2D eigenvalue weighted by Gasteiger charge is 2.06. The molecule has 0 aliphatic heterocycles. The normalized spacial score (nSPS) is 10.3. The molecular weight excluding hydrogens is 312 g/mol. The highest BCUT2D eigenvalue weighted by molar-refractivity contribution is 9.10. The average molecular weight is 331 g/mol. The predicted octanol–water partition coefficient (Wildman–Crippen LogP) is 3.29. The molecule has 0 fully saturated rings. The number of carbonyl (C=O) groups is 1. The smallest absolute Gasteiger partial charge is 0.251 e. The second kappa shape index (κ2) is 8.43. The van der Waals surface area contributed by atoms with Crippen molar-refractivity contribution in [2.75, 3.05) is 24.3 Å². The number of carbonyl (C=O) groups excluding carboxylic acids is 1. The van der Waals surface area contributed by atoms with E-state index in [2.05, 4.69) is 27.5 Å². The van der Waals surface area contributed by atoms with Crippen molar-refractivity contribution in [2.45, 2.75) is 19.3 Å². The molecule has 0 aliphatic carbocycles. The molecule has 0 unspecified atom stereocenters. The number of unbranched alkanes of at least 4 members (excludes halogenated alkanes) is 2. The molecule has 18 heavy (non-hydrogen) atoms. The lowest BCUT2D eigenvalue weighted by Gasteiger charge is -2.06. The molecule has 0 spiro atoms. The number of thioether (sulfide) groups is 1. The Labute approximate surface area is 121 Å². The summed E-state index contributed by atoms with van der Waals surface area (Å²) in [4.78, 5) is 11.8. The number of nitrogen functional groups attached to an aromatic ring is 1. The molecule has 3 N–H and O–H groups in total. The minimum absolute atomic E-state index is 0.0411. The van der Waals surface area contributed by atoms with Gasteiger partial charge in [-0.3, -0.25) is 4.79 Å². The first kappa shape index (κ1) is 15.4. The minimum Gasteiger partial charge on any atom is -0.398 e. The van der Waals surface area contributed by atoms with Crippen molar-refractivity contribution in [3.63, 3.8) is 0 Å². The number of hydrogen-bond acceptors (Lipinski definition) is 3. The van der Waals surface area contributed by atoms with Crippen molar-refractivity contribution < 1.29 is 4.79 Å². The molecule has 5 heteroatoms. The van der Waals surface area contributed by atoms with Gasteiger partial charge in [0.25, 0.3) is 5.91 Å². The summed E-state index contributed by atoms with van der Waals surface area (Å²) in [5.41, 5.74) is 6.96. The molecular formula is C13H19BrN2OS. The summed E-state index contributed by atoms with van der Waals surface area (Å²) in [6, 6.07) is 5.22. The average Bonchev–Trinajstić information content (AvgIpc) is 2.36. The van der Waals surface area contributed by atoms with E-state index >= 15 is 0 Å². The molecule has 0 aliphatic rings. The van der Waals surface area contributed by atoms with Gasteiger partial charge in [-0.05, 0) is 59.0 Å². The SMILES string of the molecule is CSCCCCCNC(=O)c1ccc(N)c(Br)c1. The molecule has 0 radical (unpaired) electrons. The van der Waals surface area contributed by atoms with E-state index in [1.807, 2.05) is 11.8 Å². The Morgan fingerprint density at radius 1 is 1.39 bits per heavy atom. The maximum atomic E-state index is 11.8. The van der Waals surface area contributed by atoms with Gasteiger partial charge in [-0.2, -0.15) is 11.8 Å². The van der Waals surface area contributed by atoms with E-state index in [0.717, 1.165) is 23.9 Å². The van der Waals surface area contributed by atoms with Crippen LogP contribution in [0.1, 0.15) is 29.6 Å². The Kier molecular flexibility index (Phi) is 7.20. The number of rotatable bonds is 7. The summed E-state index contributed by atoms with van der Waals surface area (Å²) in [5, 5.41) is 2.92. The summed E-state index contributed by atoms with van der Waals surface area (Å²) in [5.74, 6) is 1.15. The summed E-state index contributed by atoms with van der Waals surface area (Å²) in [7, 11) is 0. The molecule has 1 amide bonds. The van der Waals surface area contributed by atoms with Crippen molar-refractivity contribution in [2.24, 2.45) is 0 Å². The fourth-order valence-electron chi connectivity index (χ4n) is 1.52. The van der Waals surface area contributed by atoms with Crippen LogP contribution in [0.25, 0.3) is 0 Å². The lowest BCUT2D eigenvalue weighted by atomic mass is 10.2. The standard InChI is InChI=1S/C13H19BrN2OS/c1-18-8-4-2-3-7-16-13(17)10-5-6-12(15)11(14)9-10/h5-6,9H,2-4,7-8,15H2,1H3,(H,16,17). The molecule has 100 valence electrons. The van der Waals surface area contributed by atoms with Crippen molar-refractivity contribution in [3.8, 4) is 0 Å². The van der Waals surface area contributed by atoms with E-state index in [-0.39, 0.29) is 5.91 Å². The second-order valence-corrected chi connectivity index (χ2v) is 5.89. The zero-order valence-corrected chi connectivity index (χ0v) is 12.9. The Morgan fingerprint density at radius 3 is 2.83 bits per heavy atom. The summed E-state index contributed by atoms with van der Waals surface area (Å²) in [6.45, 7) is 0.731. The lowest BCUT2D eigenvalue weighted by Crippen LogP contribution is -2.24.